The lowest BCUT2D eigenvalue weighted by molar-refractivity contribution is 0.0696. The Balaban J connectivity index is 2.78. The average molecular weight is 280 g/mol. The fourth-order valence-electron chi connectivity index (χ4n) is 1.58. The van der Waals surface area contributed by atoms with Gasteiger partial charge in [-0.05, 0) is 25.0 Å². The van der Waals surface area contributed by atoms with Crippen molar-refractivity contribution in [2.75, 3.05) is 13.2 Å². The third-order valence-electron chi connectivity index (χ3n) is 2.86. The molecule has 6 nitrogen and oxygen atoms in total. The van der Waals surface area contributed by atoms with Crippen molar-refractivity contribution in [1.82, 2.24) is 10.3 Å². The van der Waals surface area contributed by atoms with Crippen LogP contribution in [-0.2, 0) is 4.74 Å². The van der Waals surface area contributed by atoms with E-state index in [1.807, 2.05) is 20.8 Å². The molecule has 0 aliphatic heterocycles. The first-order valence-electron chi connectivity index (χ1n) is 6.53. The van der Waals surface area contributed by atoms with E-state index in [4.69, 9.17) is 9.84 Å². The number of carboxylic acid groups (broad SMARTS) is 1. The number of nitrogens with zero attached hydrogens (tertiary/aromatic N) is 1. The number of aromatic nitrogens is 1. The van der Waals surface area contributed by atoms with Crippen molar-refractivity contribution in [3.63, 3.8) is 0 Å². The molecule has 0 aliphatic rings. The zero-order valence-corrected chi connectivity index (χ0v) is 11.9. The number of carboxylic acids is 1. The van der Waals surface area contributed by atoms with Gasteiger partial charge in [0.15, 0.2) is 0 Å². The number of nitrogens with one attached hydrogen (secondary N) is 1. The van der Waals surface area contributed by atoms with E-state index < -0.39 is 11.9 Å². The Hall–Kier alpha value is -1.95. The predicted octanol–water partition coefficient (Wildman–Crippen LogP) is 1.57. The Kier molecular flexibility index (Phi) is 6.11. The summed E-state index contributed by atoms with van der Waals surface area (Å²) in [7, 11) is 0. The molecule has 0 fully saturated rings. The van der Waals surface area contributed by atoms with Gasteiger partial charge in [-0.2, -0.15) is 0 Å². The number of pyridine rings is 1. The van der Waals surface area contributed by atoms with E-state index in [1.165, 1.54) is 18.3 Å². The molecule has 0 aromatic carbocycles. The van der Waals surface area contributed by atoms with Gasteiger partial charge in [0.1, 0.15) is 5.69 Å². The number of amides is 1. The van der Waals surface area contributed by atoms with Crippen molar-refractivity contribution >= 4 is 11.9 Å². The van der Waals surface area contributed by atoms with Crippen molar-refractivity contribution in [2.24, 2.45) is 5.92 Å². The van der Waals surface area contributed by atoms with Gasteiger partial charge in [-0.3, -0.25) is 9.78 Å². The van der Waals surface area contributed by atoms with Crippen LogP contribution in [-0.4, -0.2) is 41.2 Å². The summed E-state index contributed by atoms with van der Waals surface area (Å²) in [4.78, 5) is 26.8. The molecule has 1 atom stereocenters. The number of rotatable bonds is 7. The summed E-state index contributed by atoms with van der Waals surface area (Å²) in [6, 6.07) is 2.47. The van der Waals surface area contributed by atoms with Crippen molar-refractivity contribution in [1.29, 1.82) is 0 Å². The van der Waals surface area contributed by atoms with Gasteiger partial charge in [0.05, 0.1) is 18.2 Å². The molecule has 1 aromatic heterocycles. The van der Waals surface area contributed by atoms with Crippen LogP contribution >= 0.6 is 0 Å². The molecule has 0 saturated carbocycles. The van der Waals surface area contributed by atoms with Crippen LogP contribution in [0.1, 0.15) is 41.6 Å². The van der Waals surface area contributed by atoms with E-state index in [-0.39, 0.29) is 23.2 Å². The van der Waals surface area contributed by atoms with Crippen molar-refractivity contribution in [3.05, 3.63) is 29.6 Å². The Bertz CT molecular complexity index is 474. The summed E-state index contributed by atoms with van der Waals surface area (Å²) in [6.45, 7) is 6.83. The van der Waals surface area contributed by atoms with Gasteiger partial charge in [0, 0.05) is 12.8 Å². The lowest BCUT2D eigenvalue weighted by atomic mass is 10.1. The van der Waals surface area contributed by atoms with Gasteiger partial charge in [0.2, 0.25) is 0 Å². The Morgan fingerprint density at radius 1 is 1.45 bits per heavy atom. The van der Waals surface area contributed by atoms with Gasteiger partial charge < -0.3 is 15.2 Å². The van der Waals surface area contributed by atoms with Crippen LogP contribution in [0.2, 0.25) is 0 Å². The molecule has 20 heavy (non-hydrogen) atoms. The topological polar surface area (TPSA) is 88.5 Å². The first kappa shape index (κ1) is 16.1. The monoisotopic (exact) mass is 280 g/mol. The maximum Gasteiger partial charge on any atom is 0.335 e. The molecule has 110 valence electrons. The third-order valence-corrected chi connectivity index (χ3v) is 2.86. The van der Waals surface area contributed by atoms with Crippen LogP contribution in [0, 0.1) is 5.92 Å². The summed E-state index contributed by atoms with van der Waals surface area (Å²) < 4.78 is 5.33. The fraction of sp³-hybridized carbons (Fsp3) is 0.500. The fourth-order valence-corrected chi connectivity index (χ4v) is 1.58. The smallest absolute Gasteiger partial charge is 0.335 e. The van der Waals surface area contributed by atoms with E-state index in [9.17, 15) is 9.59 Å². The molecule has 0 bridgehead atoms. The second kappa shape index (κ2) is 7.59. The van der Waals surface area contributed by atoms with E-state index in [0.29, 0.717) is 13.2 Å². The standard InChI is InChI=1S/C14H20N2O4/c1-4-20-8-12(9(2)3)16-13(17)11-7-10(14(18)19)5-6-15-11/h5-7,9,12H,4,8H2,1-3H3,(H,16,17)(H,18,19). The van der Waals surface area contributed by atoms with Gasteiger partial charge >= 0.3 is 5.97 Å². The largest absolute Gasteiger partial charge is 0.478 e. The molecule has 1 rings (SSSR count). The normalized spacial score (nSPS) is 12.2. The SMILES string of the molecule is CCOCC(NC(=O)c1cc(C(=O)O)ccn1)C(C)C. The Morgan fingerprint density at radius 3 is 2.70 bits per heavy atom. The van der Waals surface area contributed by atoms with Crippen LogP contribution in [0.15, 0.2) is 18.3 Å². The minimum atomic E-state index is -1.09. The zero-order valence-electron chi connectivity index (χ0n) is 11.9. The number of carbonyl (C=O) groups is 2. The molecule has 0 radical (unpaired) electrons. The lowest BCUT2D eigenvalue weighted by Crippen LogP contribution is -2.42. The van der Waals surface area contributed by atoms with Crippen LogP contribution < -0.4 is 5.32 Å². The van der Waals surface area contributed by atoms with Crippen LogP contribution in [0.3, 0.4) is 0 Å². The van der Waals surface area contributed by atoms with E-state index >= 15 is 0 Å². The molecule has 1 amide bonds. The molecule has 1 aromatic rings. The van der Waals surface area contributed by atoms with Crippen LogP contribution in [0.25, 0.3) is 0 Å². The number of hydrogen-bond acceptors (Lipinski definition) is 4. The highest BCUT2D eigenvalue weighted by molar-refractivity contribution is 5.95. The van der Waals surface area contributed by atoms with Gasteiger partial charge in [-0.25, -0.2) is 4.79 Å². The highest BCUT2D eigenvalue weighted by Gasteiger charge is 2.18. The minimum absolute atomic E-state index is 0.0380. The van der Waals surface area contributed by atoms with Crippen molar-refractivity contribution in [2.45, 2.75) is 26.8 Å². The molecule has 6 heteroatoms. The summed E-state index contributed by atoms with van der Waals surface area (Å²) in [5.74, 6) is -1.28. The summed E-state index contributed by atoms with van der Waals surface area (Å²) in [5, 5.41) is 11.7. The van der Waals surface area contributed by atoms with Crippen LogP contribution in [0.5, 0.6) is 0 Å². The highest BCUT2D eigenvalue weighted by atomic mass is 16.5. The van der Waals surface area contributed by atoms with E-state index in [2.05, 4.69) is 10.3 Å². The molecule has 0 aliphatic carbocycles. The van der Waals surface area contributed by atoms with Gasteiger partial charge in [-0.15, -0.1) is 0 Å². The Morgan fingerprint density at radius 2 is 2.15 bits per heavy atom. The number of aromatic carboxylic acids is 1. The van der Waals surface area contributed by atoms with Gasteiger partial charge in [0.25, 0.3) is 5.91 Å². The first-order valence-corrected chi connectivity index (χ1v) is 6.53. The zero-order chi connectivity index (χ0) is 15.1. The number of ether oxygens (including phenoxy) is 1. The molecule has 2 N–H and O–H groups in total. The Labute approximate surface area is 118 Å². The van der Waals surface area contributed by atoms with E-state index in [0.717, 1.165) is 0 Å². The number of carbonyl (C=O) groups excluding carboxylic acids is 1. The number of hydrogen-bond donors (Lipinski definition) is 2. The summed E-state index contributed by atoms with van der Waals surface area (Å²) in [5.41, 5.74) is 0.128. The lowest BCUT2D eigenvalue weighted by Gasteiger charge is -2.21. The maximum absolute atomic E-state index is 12.1. The van der Waals surface area contributed by atoms with Crippen molar-refractivity contribution < 1.29 is 19.4 Å². The van der Waals surface area contributed by atoms with Crippen molar-refractivity contribution in [3.8, 4) is 0 Å². The quantitative estimate of drug-likeness (QED) is 0.791. The molecular weight excluding hydrogens is 260 g/mol. The summed E-state index contributed by atoms with van der Waals surface area (Å²) in [6.07, 6.45) is 1.31. The molecule has 0 saturated heterocycles. The van der Waals surface area contributed by atoms with E-state index in [1.54, 1.807) is 0 Å². The third kappa shape index (κ3) is 4.62. The molecule has 1 unspecified atom stereocenters. The predicted molar refractivity (Wildman–Crippen MR) is 73.8 cm³/mol. The van der Waals surface area contributed by atoms with Gasteiger partial charge in [-0.1, -0.05) is 13.8 Å². The molecular formula is C14H20N2O4. The molecule has 0 spiro atoms. The summed E-state index contributed by atoms with van der Waals surface area (Å²) >= 11 is 0. The average Bonchev–Trinajstić information content (AvgIpc) is 2.42. The highest BCUT2D eigenvalue weighted by Crippen LogP contribution is 2.06. The first-order chi connectivity index (χ1) is 9.45. The van der Waals surface area contributed by atoms with Crippen LogP contribution in [0.4, 0.5) is 0 Å². The maximum atomic E-state index is 12.1. The minimum Gasteiger partial charge on any atom is -0.478 e. The second-order valence-electron chi connectivity index (χ2n) is 4.72. The molecule has 1 heterocycles. The second-order valence-corrected chi connectivity index (χ2v) is 4.72.